The zero-order valence-corrected chi connectivity index (χ0v) is 7.61. The Kier molecular flexibility index (Phi) is 3.92. The van der Waals surface area contributed by atoms with Gasteiger partial charge >= 0.3 is 5.97 Å². The molecule has 0 spiro atoms. The van der Waals surface area contributed by atoms with E-state index in [0.717, 1.165) is 13.0 Å². The molecule has 0 radical (unpaired) electrons. The van der Waals surface area contributed by atoms with Crippen LogP contribution in [-0.4, -0.2) is 48.3 Å². The predicted molar refractivity (Wildman–Crippen MR) is 48.6 cm³/mol. The summed E-state index contributed by atoms with van der Waals surface area (Å²) < 4.78 is 5.20. The summed E-state index contributed by atoms with van der Waals surface area (Å²) in [5.41, 5.74) is 0. The van der Waals surface area contributed by atoms with Crippen LogP contribution in [0.4, 0.5) is 0 Å². The zero-order chi connectivity index (χ0) is 9.68. The maximum Gasteiger partial charge on any atom is 0.317 e. The molecule has 1 aliphatic heterocycles. The number of carboxylic acid groups (broad SMARTS) is 1. The van der Waals surface area contributed by atoms with Gasteiger partial charge in [0.2, 0.25) is 0 Å². The highest BCUT2D eigenvalue weighted by Gasteiger charge is 2.23. The van der Waals surface area contributed by atoms with Crippen molar-refractivity contribution in [3.63, 3.8) is 0 Å². The first-order chi connectivity index (χ1) is 6.24. The lowest BCUT2D eigenvalue weighted by Crippen LogP contribution is -2.39. The van der Waals surface area contributed by atoms with Gasteiger partial charge in [-0.1, -0.05) is 6.08 Å². The van der Waals surface area contributed by atoms with E-state index in [1.54, 1.807) is 6.08 Å². The molecule has 1 rings (SSSR count). The molecule has 0 amide bonds. The summed E-state index contributed by atoms with van der Waals surface area (Å²) >= 11 is 0. The number of aliphatic carboxylic acids is 1. The topological polar surface area (TPSA) is 49.8 Å². The van der Waals surface area contributed by atoms with Gasteiger partial charge in [0.25, 0.3) is 0 Å². The molecule has 13 heavy (non-hydrogen) atoms. The van der Waals surface area contributed by atoms with Crippen LogP contribution in [0.1, 0.15) is 6.42 Å². The Balaban J connectivity index is 2.44. The Morgan fingerprint density at radius 1 is 1.77 bits per heavy atom. The van der Waals surface area contributed by atoms with Crippen molar-refractivity contribution in [3.8, 4) is 0 Å². The highest BCUT2D eigenvalue weighted by atomic mass is 16.5. The molecule has 1 atom stereocenters. The summed E-state index contributed by atoms with van der Waals surface area (Å²) in [6.07, 6.45) is 2.64. The molecule has 4 heteroatoms. The van der Waals surface area contributed by atoms with Crippen LogP contribution in [-0.2, 0) is 9.53 Å². The van der Waals surface area contributed by atoms with E-state index in [1.165, 1.54) is 0 Å². The molecule has 0 aliphatic carbocycles. The van der Waals surface area contributed by atoms with Crippen molar-refractivity contribution in [2.75, 3.05) is 26.3 Å². The van der Waals surface area contributed by atoms with Crippen molar-refractivity contribution in [3.05, 3.63) is 12.7 Å². The van der Waals surface area contributed by atoms with Crippen molar-refractivity contribution >= 4 is 5.97 Å². The minimum atomic E-state index is -0.797. The summed E-state index contributed by atoms with van der Waals surface area (Å²) in [6, 6.07) is 0.245. The Hall–Kier alpha value is -0.870. The van der Waals surface area contributed by atoms with Crippen LogP contribution in [0.2, 0.25) is 0 Å². The maximum atomic E-state index is 10.5. The fourth-order valence-electron chi connectivity index (χ4n) is 1.49. The summed E-state index contributed by atoms with van der Waals surface area (Å²) in [5.74, 6) is -0.797. The van der Waals surface area contributed by atoms with Gasteiger partial charge in [-0.15, -0.1) is 6.58 Å². The van der Waals surface area contributed by atoms with Gasteiger partial charge in [-0.3, -0.25) is 9.69 Å². The molecule has 1 N–H and O–H groups in total. The lowest BCUT2D eigenvalue weighted by Gasteiger charge is -2.24. The first-order valence-electron chi connectivity index (χ1n) is 4.38. The molecule has 0 aromatic carbocycles. The highest BCUT2D eigenvalue weighted by Crippen LogP contribution is 2.11. The van der Waals surface area contributed by atoms with E-state index in [-0.39, 0.29) is 12.6 Å². The summed E-state index contributed by atoms with van der Waals surface area (Å²) in [6.45, 7) is 5.66. The first kappa shape index (κ1) is 10.2. The number of carbonyl (C=O) groups is 1. The number of hydrogen-bond acceptors (Lipinski definition) is 3. The second-order valence-electron chi connectivity index (χ2n) is 3.13. The van der Waals surface area contributed by atoms with E-state index in [9.17, 15) is 4.79 Å². The fraction of sp³-hybridized carbons (Fsp3) is 0.667. The van der Waals surface area contributed by atoms with Gasteiger partial charge in [0.15, 0.2) is 0 Å². The number of rotatable bonds is 5. The lowest BCUT2D eigenvalue weighted by molar-refractivity contribution is -0.138. The molecule has 0 bridgehead atoms. The van der Waals surface area contributed by atoms with Gasteiger partial charge in [-0.25, -0.2) is 0 Å². The van der Waals surface area contributed by atoms with Crippen LogP contribution in [0.15, 0.2) is 12.7 Å². The predicted octanol–water partition coefficient (Wildman–Crippen LogP) is 0.348. The van der Waals surface area contributed by atoms with Crippen LogP contribution in [0.25, 0.3) is 0 Å². The third kappa shape index (κ3) is 3.16. The van der Waals surface area contributed by atoms with E-state index in [2.05, 4.69) is 6.58 Å². The van der Waals surface area contributed by atoms with Crippen LogP contribution < -0.4 is 0 Å². The third-order valence-corrected chi connectivity index (χ3v) is 2.12. The molecule has 1 fully saturated rings. The summed E-state index contributed by atoms with van der Waals surface area (Å²) in [4.78, 5) is 12.4. The van der Waals surface area contributed by atoms with E-state index in [0.29, 0.717) is 13.2 Å². The Morgan fingerprint density at radius 3 is 3.00 bits per heavy atom. The van der Waals surface area contributed by atoms with Gasteiger partial charge in [-0.05, 0) is 6.42 Å². The van der Waals surface area contributed by atoms with Gasteiger partial charge in [0, 0.05) is 19.2 Å². The molecule has 4 nitrogen and oxygen atoms in total. The van der Waals surface area contributed by atoms with Gasteiger partial charge in [0.1, 0.15) is 0 Å². The van der Waals surface area contributed by atoms with E-state index in [4.69, 9.17) is 9.84 Å². The Bertz CT molecular complexity index is 187. The van der Waals surface area contributed by atoms with Crippen LogP contribution in [0, 0.1) is 0 Å². The maximum absolute atomic E-state index is 10.5. The zero-order valence-electron chi connectivity index (χ0n) is 7.61. The minimum absolute atomic E-state index is 0.0695. The second-order valence-corrected chi connectivity index (χ2v) is 3.13. The Labute approximate surface area is 77.8 Å². The average molecular weight is 185 g/mol. The van der Waals surface area contributed by atoms with Crippen molar-refractivity contribution in [1.29, 1.82) is 0 Å². The van der Waals surface area contributed by atoms with Crippen molar-refractivity contribution in [2.45, 2.75) is 12.5 Å². The standard InChI is InChI=1S/C9H15NO3/c1-2-4-10(6-9(11)12)8-3-5-13-7-8/h2,8H,1,3-7H2,(H,11,12). The van der Waals surface area contributed by atoms with Crippen LogP contribution >= 0.6 is 0 Å². The minimum Gasteiger partial charge on any atom is -0.480 e. The number of carboxylic acids is 1. The molecular formula is C9H15NO3. The van der Waals surface area contributed by atoms with Crippen molar-refractivity contribution in [2.24, 2.45) is 0 Å². The third-order valence-electron chi connectivity index (χ3n) is 2.12. The fourth-order valence-corrected chi connectivity index (χ4v) is 1.49. The van der Waals surface area contributed by atoms with Gasteiger partial charge in [0.05, 0.1) is 13.2 Å². The van der Waals surface area contributed by atoms with Crippen LogP contribution in [0.5, 0.6) is 0 Å². The van der Waals surface area contributed by atoms with E-state index in [1.807, 2.05) is 4.90 Å². The largest absolute Gasteiger partial charge is 0.480 e. The van der Waals surface area contributed by atoms with Crippen molar-refractivity contribution < 1.29 is 14.6 Å². The second kappa shape index (κ2) is 4.99. The molecular weight excluding hydrogens is 170 g/mol. The SMILES string of the molecule is C=CCN(CC(=O)O)C1CCOC1. The lowest BCUT2D eigenvalue weighted by atomic mass is 10.2. The van der Waals surface area contributed by atoms with Crippen molar-refractivity contribution in [1.82, 2.24) is 4.90 Å². The summed E-state index contributed by atoms with van der Waals surface area (Å²) in [7, 11) is 0. The first-order valence-corrected chi connectivity index (χ1v) is 4.38. The average Bonchev–Trinajstić information content (AvgIpc) is 2.54. The normalized spacial score (nSPS) is 22.1. The smallest absolute Gasteiger partial charge is 0.317 e. The van der Waals surface area contributed by atoms with E-state index >= 15 is 0 Å². The van der Waals surface area contributed by atoms with Crippen LogP contribution in [0.3, 0.4) is 0 Å². The molecule has 0 aromatic rings. The summed E-state index contributed by atoms with van der Waals surface area (Å²) in [5, 5.41) is 8.65. The Morgan fingerprint density at radius 2 is 2.54 bits per heavy atom. The number of nitrogens with zero attached hydrogens (tertiary/aromatic N) is 1. The molecule has 1 aliphatic rings. The number of hydrogen-bond donors (Lipinski definition) is 1. The molecule has 1 saturated heterocycles. The highest BCUT2D eigenvalue weighted by molar-refractivity contribution is 5.69. The monoisotopic (exact) mass is 185 g/mol. The number of ether oxygens (including phenoxy) is 1. The molecule has 0 saturated carbocycles. The molecule has 0 aromatic heterocycles. The quantitative estimate of drug-likeness (QED) is 0.628. The van der Waals surface area contributed by atoms with Gasteiger partial charge in [-0.2, -0.15) is 0 Å². The molecule has 74 valence electrons. The molecule has 1 unspecified atom stereocenters. The van der Waals surface area contributed by atoms with Gasteiger partial charge < -0.3 is 9.84 Å². The van der Waals surface area contributed by atoms with E-state index < -0.39 is 5.97 Å². The molecule has 1 heterocycles.